The summed E-state index contributed by atoms with van der Waals surface area (Å²) in [6, 6.07) is 4.16. The number of rotatable bonds is 7. The van der Waals surface area contributed by atoms with E-state index in [1.807, 2.05) is 0 Å². The van der Waals surface area contributed by atoms with Gasteiger partial charge in [-0.2, -0.15) is 0 Å². The summed E-state index contributed by atoms with van der Waals surface area (Å²) in [5, 5.41) is 19.8. The molecule has 0 aliphatic carbocycles. The van der Waals surface area contributed by atoms with Crippen LogP contribution in [0.3, 0.4) is 0 Å². The number of nitrogens with zero attached hydrogens (tertiary/aromatic N) is 2. The van der Waals surface area contributed by atoms with Gasteiger partial charge in [0.15, 0.2) is 0 Å². The van der Waals surface area contributed by atoms with Crippen LogP contribution in [0.5, 0.6) is 0 Å². The predicted octanol–water partition coefficient (Wildman–Crippen LogP) is 0.984. The molecule has 1 aromatic rings. The van der Waals surface area contributed by atoms with Crippen molar-refractivity contribution in [2.24, 2.45) is 0 Å². The topological polar surface area (TPSA) is 92.9 Å². The molecule has 0 saturated carbocycles. The van der Waals surface area contributed by atoms with Gasteiger partial charge in [0.2, 0.25) is 0 Å². The molecule has 0 aliphatic rings. The van der Waals surface area contributed by atoms with E-state index in [1.165, 1.54) is 24.1 Å². The largest absolute Gasteiger partial charge is 0.395 e. The minimum Gasteiger partial charge on any atom is -0.395 e. The van der Waals surface area contributed by atoms with Crippen LogP contribution >= 0.6 is 0 Å². The standard InChI is InChI=1S/C13H18N2O5/c1-10-3-4-11(15(18)19)9-12(10)13(17)14(5-7-16)6-8-20-2/h3-4,9,16H,5-8H2,1-2H3. The number of aliphatic hydroxyl groups is 1. The monoisotopic (exact) mass is 282 g/mol. The molecule has 0 fully saturated rings. The van der Waals surface area contributed by atoms with Crippen LogP contribution in [0.15, 0.2) is 18.2 Å². The Morgan fingerprint density at radius 2 is 2.15 bits per heavy atom. The molecule has 7 nitrogen and oxygen atoms in total. The number of aryl methyl sites for hydroxylation is 1. The van der Waals surface area contributed by atoms with Gasteiger partial charge in [-0.15, -0.1) is 0 Å². The van der Waals surface area contributed by atoms with E-state index in [4.69, 9.17) is 9.84 Å². The first-order chi connectivity index (χ1) is 9.51. The fourth-order valence-electron chi connectivity index (χ4n) is 1.76. The zero-order valence-corrected chi connectivity index (χ0v) is 11.5. The molecule has 0 unspecified atom stereocenters. The number of ether oxygens (including phenoxy) is 1. The summed E-state index contributed by atoms with van der Waals surface area (Å²) in [5.74, 6) is -0.350. The van der Waals surface area contributed by atoms with Gasteiger partial charge in [-0.3, -0.25) is 14.9 Å². The maximum absolute atomic E-state index is 12.4. The molecule has 1 aromatic carbocycles. The molecule has 0 atom stereocenters. The number of nitro benzene ring substituents is 1. The van der Waals surface area contributed by atoms with Crippen LogP contribution in [0.1, 0.15) is 15.9 Å². The number of hydrogen-bond acceptors (Lipinski definition) is 5. The normalized spacial score (nSPS) is 10.3. The lowest BCUT2D eigenvalue weighted by Gasteiger charge is -2.22. The van der Waals surface area contributed by atoms with Crippen molar-refractivity contribution in [1.82, 2.24) is 4.90 Å². The average molecular weight is 282 g/mol. The SMILES string of the molecule is COCCN(CCO)C(=O)c1cc([N+](=O)[O-])ccc1C. The van der Waals surface area contributed by atoms with Crippen LogP contribution in [-0.4, -0.2) is 54.3 Å². The summed E-state index contributed by atoms with van der Waals surface area (Å²) in [7, 11) is 1.51. The highest BCUT2D eigenvalue weighted by molar-refractivity contribution is 5.96. The molecule has 0 aliphatic heterocycles. The summed E-state index contributed by atoms with van der Waals surface area (Å²) >= 11 is 0. The molecule has 1 rings (SSSR count). The van der Waals surface area contributed by atoms with Gasteiger partial charge in [0.25, 0.3) is 11.6 Å². The number of amides is 1. The molecule has 0 bridgehead atoms. The zero-order valence-electron chi connectivity index (χ0n) is 11.5. The Balaban J connectivity index is 3.03. The van der Waals surface area contributed by atoms with Crippen molar-refractivity contribution in [2.45, 2.75) is 6.92 Å². The van der Waals surface area contributed by atoms with Gasteiger partial charge in [0, 0.05) is 37.9 Å². The van der Waals surface area contributed by atoms with Crippen molar-refractivity contribution in [3.05, 3.63) is 39.4 Å². The molecule has 0 spiro atoms. The molecule has 0 heterocycles. The number of nitro groups is 1. The van der Waals surface area contributed by atoms with Crippen LogP contribution in [0.2, 0.25) is 0 Å². The molecule has 110 valence electrons. The number of carbonyl (C=O) groups excluding carboxylic acids is 1. The maximum Gasteiger partial charge on any atom is 0.270 e. The maximum atomic E-state index is 12.4. The first kappa shape index (κ1) is 16.1. The smallest absolute Gasteiger partial charge is 0.270 e. The van der Waals surface area contributed by atoms with Gasteiger partial charge >= 0.3 is 0 Å². The van der Waals surface area contributed by atoms with E-state index in [0.29, 0.717) is 18.7 Å². The fraction of sp³-hybridized carbons (Fsp3) is 0.462. The second kappa shape index (κ2) is 7.56. The predicted molar refractivity (Wildman–Crippen MR) is 72.7 cm³/mol. The summed E-state index contributed by atoms with van der Waals surface area (Å²) in [6.45, 7) is 2.34. The van der Waals surface area contributed by atoms with E-state index in [-0.39, 0.29) is 30.3 Å². The van der Waals surface area contributed by atoms with E-state index in [2.05, 4.69) is 0 Å². The van der Waals surface area contributed by atoms with E-state index in [1.54, 1.807) is 13.0 Å². The van der Waals surface area contributed by atoms with Gasteiger partial charge in [-0.05, 0) is 12.5 Å². The lowest BCUT2D eigenvalue weighted by molar-refractivity contribution is -0.384. The Morgan fingerprint density at radius 1 is 1.45 bits per heavy atom. The Morgan fingerprint density at radius 3 is 2.70 bits per heavy atom. The van der Waals surface area contributed by atoms with Crippen LogP contribution in [-0.2, 0) is 4.74 Å². The highest BCUT2D eigenvalue weighted by atomic mass is 16.6. The van der Waals surface area contributed by atoms with E-state index >= 15 is 0 Å². The van der Waals surface area contributed by atoms with Crippen molar-refractivity contribution in [3.8, 4) is 0 Å². The molecule has 1 amide bonds. The first-order valence-electron chi connectivity index (χ1n) is 6.15. The van der Waals surface area contributed by atoms with Crippen molar-refractivity contribution in [2.75, 3.05) is 33.4 Å². The Kier molecular flexibility index (Phi) is 6.08. The van der Waals surface area contributed by atoms with E-state index in [0.717, 1.165) is 0 Å². The van der Waals surface area contributed by atoms with E-state index < -0.39 is 4.92 Å². The van der Waals surface area contributed by atoms with Crippen LogP contribution in [0.25, 0.3) is 0 Å². The molecule has 0 aromatic heterocycles. The highest BCUT2D eigenvalue weighted by Gasteiger charge is 2.19. The molecule has 0 radical (unpaired) electrons. The van der Waals surface area contributed by atoms with Gasteiger partial charge in [0.1, 0.15) is 0 Å². The highest BCUT2D eigenvalue weighted by Crippen LogP contribution is 2.19. The van der Waals surface area contributed by atoms with Crippen molar-refractivity contribution in [1.29, 1.82) is 0 Å². The number of methoxy groups -OCH3 is 1. The second-order valence-electron chi connectivity index (χ2n) is 4.26. The van der Waals surface area contributed by atoms with Crippen molar-refractivity contribution < 1.29 is 19.6 Å². The number of aliphatic hydroxyl groups excluding tert-OH is 1. The lowest BCUT2D eigenvalue weighted by atomic mass is 10.1. The van der Waals surface area contributed by atoms with Crippen LogP contribution in [0, 0.1) is 17.0 Å². The molecule has 20 heavy (non-hydrogen) atoms. The number of hydrogen-bond donors (Lipinski definition) is 1. The molecule has 1 N–H and O–H groups in total. The van der Waals surface area contributed by atoms with E-state index in [9.17, 15) is 14.9 Å². The van der Waals surface area contributed by atoms with Gasteiger partial charge in [0.05, 0.1) is 18.1 Å². The number of benzene rings is 1. The van der Waals surface area contributed by atoms with Crippen molar-refractivity contribution >= 4 is 11.6 Å². The first-order valence-corrected chi connectivity index (χ1v) is 6.15. The number of non-ortho nitro benzene ring substituents is 1. The molecular weight excluding hydrogens is 264 g/mol. The van der Waals surface area contributed by atoms with Gasteiger partial charge in [-0.25, -0.2) is 0 Å². The third-order valence-corrected chi connectivity index (χ3v) is 2.88. The molecule has 0 saturated heterocycles. The average Bonchev–Trinajstić information content (AvgIpc) is 2.43. The molecule has 7 heteroatoms. The van der Waals surface area contributed by atoms with Crippen LogP contribution < -0.4 is 0 Å². The third-order valence-electron chi connectivity index (χ3n) is 2.88. The Bertz CT molecular complexity index is 490. The number of carbonyl (C=O) groups is 1. The summed E-state index contributed by atoms with van der Waals surface area (Å²) in [6.07, 6.45) is 0. The quantitative estimate of drug-likeness (QED) is 0.594. The van der Waals surface area contributed by atoms with Crippen molar-refractivity contribution in [3.63, 3.8) is 0 Å². The summed E-state index contributed by atoms with van der Waals surface area (Å²) in [4.78, 5) is 24.0. The zero-order chi connectivity index (χ0) is 15.1. The summed E-state index contributed by atoms with van der Waals surface area (Å²) in [5.41, 5.74) is 0.791. The minimum atomic E-state index is -0.540. The Labute approximate surface area is 116 Å². The third kappa shape index (κ3) is 4.01. The molecular formula is C13H18N2O5. The fourth-order valence-corrected chi connectivity index (χ4v) is 1.76. The summed E-state index contributed by atoms with van der Waals surface area (Å²) < 4.78 is 4.91. The second-order valence-corrected chi connectivity index (χ2v) is 4.26. The van der Waals surface area contributed by atoms with Gasteiger partial charge in [-0.1, -0.05) is 6.07 Å². The van der Waals surface area contributed by atoms with Crippen LogP contribution in [0.4, 0.5) is 5.69 Å². The Hall–Kier alpha value is -1.99. The lowest BCUT2D eigenvalue weighted by Crippen LogP contribution is -2.36. The van der Waals surface area contributed by atoms with Gasteiger partial charge < -0.3 is 14.7 Å². The minimum absolute atomic E-state index is 0.130.